The highest BCUT2D eigenvalue weighted by Crippen LogP contribution is 2.17. The van der Waals surface area contributed by atoms with E-state index in [1.54, 1.807) is 0 Å². The minimum atomic E-state index is -0.795. The largest absolute Gasteiger partial charge is 0.481 e. The molecule has 2 amide bonds. The number of rotatable bonds is 6. The maximum absolute atomic E-state index is 12.0. The van der Waals surface area contributed by atoms with Gasteiger partial charge in [-0.25, -0.2) is 4.79 Å². The number of aliphatic carboxylic acids is 1. The van der Waals surface area contributed by atoms with E-state index in [9.17, 15) is 9.59 Å². The zero-order chi connectivity index (χ0) is 15.1. The van der Waals surface area contributed by atoms with Gasteiger partial charge in [-0.3, -0.25) is 4.79 Å². The SMILES string of the molecule is CC(C)CC(CNC(=O)N1CCC(C)CC1)CC(=O)O. The molecule has 0 aromatic heterocycles. The second-order valence-electron chi connectivity index (χ2n) is 6.45. The fraction of sp³-hybridized carbons (Fsp3) is 0.867. The first-order valence-electron chi connectivity index (χ1n) is 7.63. The lowest BCUT2D eigenvalue weighted by Crippen LogP contribution is -2.45. The molecule has 2 N–H and O–H groups in total. The van der Waals surface area contributed by atoms with E-state index >= 15 is 0 Å². The molecule has 0 aliphatic carbocycles. The van der Waals surface area contributed by atoms with Crippen LogP contribution in [0.3, 0.4) is 0 Å². The molecule has 1 aliphatic heterocycles. The predicted octanol–water partition coefficient (Wildman–Crippen LogP) is 2.56. The van der Waals surface area contributed by atoms with Crippen LogP contribution in [0.4, 0.5) is 4.79 Å². The van der Waals surface area contributed by atoms with Crippen LogP contribution in [-0.4, -0.2) is 41.6 Å². The third-order valence-corrected chi connectivity index (χ3v) is 3.88. The lowest BCUT2D eigenvalue weighted by Gasteiger charge is -2.31. The van der Waals surface area contributed by atoms with Gasteiger partial charge in [0.05, 0.1) is 0 Å². The molecule has 0 bridgehead atoms. The van der Waals surface area contributed by atoms with Crippen LogP contribution < -0.4 is 5.32 Å². The van der Waals surface area contributed by atoms with E-state index in [0.717, 1.165) is 32.4 Å². The molecular weight excluding hydrogens is 256 g/mol. The zero-order valence-corrected chi connectivity index (χ0v) is 12.9. The molecule has 0 aromatic carbocycles. The molecule has 0 radical (unpaired) electrons. The summed E-state index contributed by atoms with van der Waals surface area (Å²) in [6.07, 6.45) is 3.05. The highest BCUT2D eigenvalue weighted by atomic mass is 16.4. The summed E-state index contributed by atoms with van der Waals surface area (Å²) in [7, 11) is 0. The van der Waals surface area contributed by atoms with Gasteiger partial charge < -0.3 is 15.3 Å². The number of nitrogens with one attached hydrogen (secondary N) is 1. The first-order valence-corrected chi connectivity index (χ1v) is 7.63. The number of piperidine rings is 1. The number of hydrogen-bond donors (Lipinski definition) is 2. The molecule has 1 atom stereocenters. The molecule has 20 heavy (non-hydrogen) atoms. The van der Waals surface area contributed by atoms with Gasteiger partial charge in [0.2, 0.25) is 0 Å². The topological polar surface area (TPSA) is 69.6 Å². The van der Waals surface area contributed by atoms with Gasteiger partial charge in [0, 0.05) is 26.1 Å². The molecule has 0 spiro atoms. The summed E-state index contributed by atoms with van der Waals surface area (Å²) in [6, 6.07) is -0.0453. The van der Waals surface area contributed by atoms with E-state index < -0.39 is 5.97 Å². The van der Waals surface area contributed by atoms with E-state index in [-0.39, 0.29) is 18.4 Å². The number of likely N-dealkylation sites (tertiary alicyclic amines) is 1. The van der Waals surface area contributed by atoms with Crippen LogP contribution in [0.1, 0.15) is 46.5 Å². The Balaban J connectivity index is 2.37. The molecule has 0 aromatic rings. The molecule has 5 nitrogen and oxygen atoms in total. The molecule has 1 unspecified atom stereocenters. The van der Waals surface area contributed by atoms with Crippen molar-refractivity contribution in [1.82, 2.24) is 10.2 Å². The monoisotopic (exact) mass is 284 g/mol. The van der Waals surface area contributed by atoms with Crippen molar-refractivity contribution in [3.05, 3.63) is 0 Å². The first-order chi connectivity index (χ1) is 9.38. The van der Waals surface area contributed by atoms with E-state index in [1.807, 2.05) is 4.90 Å². The minimum Gasteiger partial charge on any atom is -0.481 e. The van der Waals surface area contributed by atoms with Crippen molar-refractivity contribution in [1.29, 1.82) is 0 Å². The molecule has 1 aliphatic rings. The Labute approximate surface area is 121 Å². The summed E-state index contributed by atoms with van der Waals surface area (Å²) in [6.45, 7) is 8.42. The highest BCUT2D eigenvalue weighted by molar-refractivity contribution is 5.74. The predicted molar refractivity (Wildman–Crippen MR) is 78.6 cm³/mol. The van der Waals surface area contributed by atoms with Gasteiger partial charge in [-0.2, -0.15) is 0 Å². The average Bonchev–Trinajstić information content (AvgIpc) is 2.35. The fourth-order valence-corrected chi connectivity index (χ4v) is 2.71. The van der Waals surface area contributed by atoms with Gasteiger partial charge in [-0.15, -0.1) is 0 Å². The number of amides is 2. The zero-order valence-electron chi connectivity index (χ0n) is 12.9. The van der Waals surface area contributed by atoms with Crippen LogP contribution in [0.15, 0.2) is 0 Å². The van der Waals surface area contributed by atoms with E-state index in [1.165, 1.54) is 0 Å². The number of carboxylic acids is 1. The van der Waals surface area contributed by atoms with Crippen molar-refractivity contribution in [3.63, 3.8) is 0 Å². The average molecular weight is 284 g/mol. The van der Waals surface area contributed by atoms with Crippen molar-refractivity contribution < 1.29 is 14.7 Å². The number of hydrogen-bond acceptors (Lipinski definition) is 2. The standard InChI is InChI=1S/C15H28N2O3/c1-11(2)8-13(9-14(18)19)10-16-15(20)17-6-4-12(3)5-7-17/h11-13H,4-10H2,1-3H3,(H,16,20)(H,18,19). The number of carboxylic acid groups (broad SMARTS) is 1. The summed E-state index contributed by atoms with van der Waals surface area (Å²) < 4.78 is 0. The van der Waals surface area contributed by atoms with Crippen molar-refractivity contribution in [3.8, 4) is 0 Å². The highest BCUT2D eigenvalue weighted by Gasteiger charge is 2.21. The number of carbonyl (C=O) groups excluding carboxylic acids is 1. The molecule has 1 saturated heterocycles. The smallest absolute Gasteiger partial charge is 0.317 e. The second kappa shape index (κ2) is 8.12. The van der Waals surface area contributed by atoms with Crippen molar-refractivity contribution in [2.45, 2.75) is 46.5 Å². The normalized spacial score (nSPS) is 18.1. The Morgan fingerprint density at radius 2 is 1.90 bits per heavy atom. The van der Waals surface area contributed by atoms with Gasteiger partial charge in [0.1, 0.15) is 0 Å². The van der Waals surface area contributed by atoms with Gasteiger partial charge in [-0.05, 0) is 37.0 Å². The van der Waals surface area contributed by atoms with Crippen LogP contribution in [0.5, 0.6) is 0 Å². The summed E-state index contributed by atoms with van der Waals surface area (Å²) in [5.74, 6) is 0.351. The Bertz CT molecular complexity index is 323. The lowest BCUT2D eigenvalue weighted by atomic mass is 9.94. The molecule has 1 heterocycles. The van der Waals surface area contributed by atoms with Gasteiger partial charge in [0.15, 0.2) is 0 Å². The Kier molecular flexibility index (Phi) is 6.82. The number of urea groups is 1. The number of carbonyl (C=O) groups is 2. The van der Waals surface area contributed by atoms with Crippen LogP contribution >= 0.6 is 0 Å². The maximum atomic E-state index is 12.0. The van der Waals surface area contributed by atoms with E-state index in [4.69, 9.17) is 5.11 Å². The summed E-state index contributed by atoms with van der Waals surface area (Å²) in [4.78, 5) is 24.7. The van der Waals surface area contributed by atoms with Crippen molar-refractivity contribution in [2.24, 2.45) is 17.8 Å². The molecule has 1 rings (SSSR count). The Morgan fingerprint density at radius 3 is 2.40 bits per heavy atom. The van der Waals surface area contributed by atoms with Crippen LogP contribution in [0, 0.1) is 17.8 Å². The van der Waals surface area contributed by atoms with E-state index in [2.05, 4.69) is 26.1 Å². The number of nitrogens with zero attached hydrogens (tertiary/aromatic N) is 1. The van der Waals surface area contributed by atoms with Crippen LogP contribution in [0.2, 0.25) is 0 Å². The summed E-state index contributed by atoms with van der Waals surface area (Å²) >= 11 is 0. The molecule has 1 fully saturated rings. The molecule has 116 valence electrons. The third-order valence-electron chi connectivity index (χ3n) is 3.88. The second-order valence-corrected chi connectivity index (χ2v) is 6.45. The van der Waals surface area contributed by atoms with Gasteiger partial charge >= 0.3 is 12.0 Å². The van der Waals surface area contributed by atoms with Crippen molar-refractivity contribution in [2.75, 3.05) is 19.6 Å². The van der Waals surface area contributed by atoms with E-state index in [0.29, 0.717) is 18.4 Å². The molecular formula is C15H28N2O3. The Morgan fingerprint density at radius 1 is 1.30 bits per heavy atom. The first kappa shape index (κ1) is 16.8. The van der Waals surface area contributed by atoms with Gasteiger partial charge in [-0.1, -0.05) is 20.8 Å². The van der Waals surface area contributed by atoms with Crippen molar-refractivity contribution >= 4 is 12.0 Å². The molecule has 5 heteroatoms. The fourth-order valence-electron chi connectivity index (χ4n) is 2.71. The van der Waals surface area contributed by atoms with Crippen LogP contribution in [0.25, 0.3) is 0 Å². The third kappa shape index (κ3) is 6.26. The quantitative estimate of drug-likeness (QED) is 0.787. The summed E-state index contributed by atoms with van der Waals surface area (Å²) in [5.41, 5.74) is 0. The minimum absolute atomic E-state index is 0.0140. The maximum Gasteiger partial charge on any atom is 0.317 e. The van der Waals surface area contributed by atoms with Crippen LogP contribution in [-0.2, 0) is 4.79 Å². The Hall–Kier alpha value is -1.26. The lowest BCUT2D eigenvalue weighted by molar-refractivity contribution is -0.138. The van der Waals surface area contributed by atoms with Gasteiger partial charge in [0.25, 0.3) is 0 Å². The summed E-state index contributed by atoms with van der Waals surface area (Å²) in [5, 5.41) is 11.8. The molecule has 0 saturated carbocycles.